The van der Waals surface area contributed by atoms with Crippen molar-refractivity contribution in [1.29, 1.82) is 0 Å². The summed E-state index contributed by atoms with van der Waals surface area (Å²) in [5.74, 6) is 0.119. The van der Waals surface area contributed by atoms with Crippen LogP contribution >= 0.6 is 0 Å². The maximum Gasteiger partial charge on any atom is 0.155 e. The number of hydrogen-bond donors (Lipinski definition) is 0. The first-order chi connectivity index (χ1) is 5.70. The Labute approximate surface area is 72.9 Å². The summed E-state index contributed by atoms with van der Waals surface area (Å²) in [6, 6.07) is 0. The van der Waals surface area contributed by atoms with Crippen LogP contribution in [-0.4, -0.2) is 11.9 Å². The van der Waals surface area contributed by atoms with Crippen LogP contribution in [0.4, 0.5) is 0 Å². The van der Waals surface area contributed by atoms with Crippen LogP contribution in [0, 0.1) is 0 Å². The van der Waals surface area contributed by atoms with Gasteiger partial charge in [0.2, 0.25) is 0 Å². The number of carbonyl (C=O) groups is 1. The highest BCUT2D eigenvalue weighted by atomic mass is 16.5. The van der Waals surface area contributed by atoms with Gasteiger partial charge in [-0.25, -0.2) is 0 Å². The largest absolute Gasteiger partial charge is 0.494 e. The van der Waals surface area contributed by atoms with Crippen molar-refractivity contribution >= 4 is 5.78 Å². The molecule has 1 rings (SSSR count). The molecule has 1 unspecified atom stereocenters. The van der Waals surface area contributed by atoms with E-state index in [1.807, 2.05) is 19.1 Å². The maximum atomic E-state index is 10.9. The summed E-state index contributed by atoms with van der Waals surface area (Å²) in [7, 11) is 0. The molecule has 0 N–H and O–H groups in total. The summed E-state index contributed by atoms with van der Waals surface area (Å²) < 4.78 is 5.29. The second-order valence-electron chi connectivity index (χ2n) is 3.03. The van der Waals surface area contributed by atoms with E-state index in [1.54, 1.807) is 13.2 Å². The lowest BCUT2D eigenvalue weighted by molar-refractivity contribution is -0.113. The molecule has 1 heterocycles. The number of rotatable bonds is 2. The van der Waals surface area contributed by atoms with Crippen molar-refractivity contribution < 1.29 is 9.53 Å². The summed E-state index contributed by atoms with van der Waals surface area (Å²) in [5, 5.41) is 0. The Balaban J connectivity index is 2.54. The zero-order valence-electron chi connectivity index (χ0n) is 7.54. The van der Waals surface area contributed by atoms with E-state index in [2.05, 4.69) is 0 Å². The molecule has 1 aliphatic heterocycles. The Kier molecular flexibility index (Phi) is 3.09. The zero-order valence-corrected chi connectivity index (χ0v) is 7.54. The average Bonchev–Trinajstić information content (AvgIpc) is 2.06. The zero-order chi connectivity index (χ0) is 8.97. The number of ketones is 1. The van der Waals surface area contributed by atoms with E-state index in [9.17, 15) is 4.79 Å². The third-order valence-electron chi connectivity index (χ3n) is 1.96. The number of carbonyl (C=O) groups excluding carboxylic acids is 1. The van der Waals surface area contributed by atoms with E-state index < -0.39 is 0 Å². The highest BCUT2D eigenvalue weighted by Crippen LogP contribution is 2.13. The van der Waals surface area contributed by atoms with Crippen molar-refractivity contribution in [2.75, 3.05) is 0 Å². The summed E-state index contributed by atoms with van der Waals surface area (Å²) in [6.07, 6.45) is 7.70. The second-order valence-corrected chi connectivity index (χ2v) is 3.03. The van der Waals surface area contributed by atoms with Crippen LogP contribution in [-0.2, 0) is 9.53 Å². The molecule has 0 radical (unpaired) electrons. The molecule has 1 atom stereocenters. The first kappa shape index (κ1) is 9.04. The molecule has 0 saturated carbocycles. The third kappa shape index (κ3) is 2.53. The van der Waals surface area contributed by atoms with Gasteiger partial charge in [-0.05, 0) is 44.4 Å². The lowest BCUT2D eigenvalue weighted by Crippen LogP contribution is -2.10. The van der Waals surface area contributed by atoms with Crippen LogP contribution in [0.15, 0.2) is 24.0 Å². The van der Waals surface area contributed by atoms with Gasteiger partial charge in [0, 0.05) is 0 Å². The van der Waals surface area contributed by atoms with Crippen LogP contribution in [0.1, 0.15) is 26.7 Å². The average molecular weight is 166 g/mol. The molecule has 0 aliphatic carbocycles. The molecule has 2 heteroatoms. The summed E-state index contributed by atoms with van der Waals surface area (Å²) in [5.41, 5.74) is 0.787. The van der Waals surface area contributed by atoms with E-state index in [4.69, 9.17) is 4.74 Å². The van der Waals surface area contributed by atoms with E-state index in [0.717, 1.165) is 18.4 Å². The molecule has 0 fully saturated rings. The minimum atomic E-state index is 0.0962. The number of ether oxygens (including phenoxy) is 1. The summed E-state index contributed by atoms with van der Waals surface area (Å²) in [4.78, 5) is 10.9. The summed E-state index contributed by atoms with van der Waals surface area (Å²) >= 11 is 0. The van der Waals surface area contributed by atoms with Gasteiger partial charge in [0.25, 0.3) is 0 Å². The van der Waals surface area contributed by atoms with Crippen molar-refractivity contribution in [3.63, 3.8) is 0 Å². The molecule has 0 saturated heterocycles. The fourth-order valence-corrected chi connectivity index (χ4v) is 1.07. The van der Waals surface area contributed by atoms with Gasteiger partial charge in [-0.1, -0.05) is 0 Å². The predicted molar refractivity (Wildman–Crippen MR) is 47.7 cm³/mol. The van der Waals surface area contributed by atoms with E-state index in [0.29, 0.717) is 0 Å². The first-order valence-corrected chi connectivity index (χ1v) is 4.20. The maximum absolute atomic E-state index is 10.9. The number of hydrogen-bond acceptors (Lipinski definition) is 2. The Morgan fingerprint density at radius 3 is 2.83 bits per heavy atom. The number of allylic oxidation sites excluding steroid dienone is 2. The molecule has 0 amide bonds. The van der Waals surface area contributed by atoms with Crippen molar-refractivity contribution in [3.8, 4) is 0 Å². The van der Waals surface area contributed by atoms with Crippen molar-refractivity contribution in [1.82, 2.24) is 0 Å². The van der Waals surface area contributed by atoms with Crippen molar-refractivity contribution in [2.24, 2.45) is 0 Å². The fraction of sp³-hybridized carbons (Fsp3) is 0.500. The highest BCUT2D eigenvalue weighted by molar-refractivity contribution is 5.92. The molecule has 0 spiro atoms. The third-order valence-corrected chi connectivity index (χ3v) is 1.96. The van der Waals surface area contributed by atoms with Crippen LogP contribution in [0.2, 0.25) is 0 Å². The predicted octanol–water partition coefficient (Wildman–Crippen LogP) is 2.21. The lowest BCUT2D eigenvalue weighted by atomic mass is 10.1. The van der Waals surface area contributed by atoms with Crippen LogP contribution in [0.3, 0.4) is 0 Å². The summed E-state index contributed by atoms with van der Waals surface area (Å²) in [6.45, 7) is 3.40. The van der Waals surface area contributed by atoms with Gasteiger partial charge in [-0.3, -0.25) is 4.79 Å². The molecule has 66 valence electrons. The Bertz CT molecular complexity index is 226. The van der Waals surface area contributed by atoms with Gasteiger partial charge < -0.3 is 4.74 Å². The molecule has 2 nitrogen and oxygen atoms in total. The van der Waals surface area contributed by atoms with Crippen molar-refractivity contribution in [3.05, 3.63) is 24.0 Å². The minimum absolute atomic E-state index is 0.0962. The molecule has 0 aromatic carbocycles. The van der Waals surface area contributed by atoms with Gasteiger partial charge in [-0.15, -0.1) is 0 Å². The highest BCUT2D eigenvalue weighted by Gasteiger charge is 2.08. The molecule has 1 aliphatic rings. The van der Waals surface area contributed by atoms with E-state index >= 15 is 0 Å². The molecule has 0 bridgehead atoms. The molecule has 12 heavy (non-hydrogen) atoms. The lowest BCUT2D eigenvalue weighted by Gasteiger charge is -2.16. The van der Waals surface area contributed by atoms with Crippen LogP contribution < -0.4 is 0 Å². The standard InChI is InChI=1S/C10H14O2/c1-8(9(2)11)7-10-5-3-4-6-12-10/h4,6-7,10H,3,5H2,1-2H3/b8-7+. The van der Waals surface area contributed by atoms with E-state index in [1.165, 1.54) is 0 Å². The molecular formula is C10H14O2. The molecule has 0 aromatic rings. The fourth-order valence-electron chi connectivity index (χ4n) is 1.07. The quantitative estimate of drug-likeness (QED) is 0.588. The topological polar surface area (TPSA) is 26.3 Å². The first-order valence-electron chi connectivity index (χ1n) is 4.20. The monoisotopic (exact) mass is 166 g/mol. The van der Waals surface area contributed by atoms with Gasteiger partial charge in [0.1, 0.15) is 6.10 Å². The normalized spacial score (nSPS) is 23.5. The van der Waals surface area contributed by atoms with Gasteiger partial charge >= 0.3 is 0 Å². The Hall–Kier alpha value is -1.05. The molecular weight excluding hydrogens is 152 g/mol. The Morgan fingerprint density at radius 2 is 2.33 bits per heavy atom. The van der Waals surface area contributed by atoms with Gasteiger partial charge in [0.05, 0.1) is 6.26 Å². The van der Waals surface area contributed by atoms with Gasteiger partial charge in [-0.2, -0.15) is 0 Å². The van der Waals surface area contributed by atoms with Crippen LogP contribution in [0.5, 0.6) is 0 Å². The van der Waals surface area contributed by atoms with Crippen molar-refractivity contribution in [2.45, 2.75) is 32.8 Å². The smallest absolute Gasteiger partial charge is 0.155 e. The Morgan fingerprint density at radius 1 is 1.58 bits per heavy atom. The SMILES string of the molecule is CC(=O)/C(C)=C/C1CCC=CO1. The minimum Gasteiger partial charge on any atom is -0.494 e. The molecule has 0 aromatic heterocycles. The number of Topliss-reactive ketones (excluding diaryl/α,β-unsaturated/α-hetero) is 1. The second kappa shape index (κ2) is 4.10. The van der Waals surface area contributed by atoms with Crippen LogP contribution in [0.25, 0.3) is 0 Å². The van der Waals surface area contributed by atoms with E-state index in [-0.39, 0.29) is 11.9 Å². The van der Waals surface area contributed by atoms with Gasteiger partial charge in [0.15, 0.2) is 5.78 Å².